The zero-order valence-electron chi connectivity index (χ0n) is 8.07. The van der Waals surface area contributed by atoms with Crippen LogP contribution in [0, 0.1) is 0 Å². The highest BCUT2D eigenvalue weighted by atomic mass is 35.5. The van der Waals surface area contributed by atoms with Gasteiger partial charge in [0.1, 0.15) is 18.1 Å². The lowest BCUT2D eigenvalue weighted by molar-refractivity contribution is 0.356. The Morgan fingerprint density at radius 1 is 1.29 bits per heavy atom. The van der Waals surface area contributed by atoms with Gasteiger partial charge in [0, 0.05) is 11.9 Å². The van der Waals surface area contributed by atoms with Crippen LogP contribution in [0.3, 0.4) is 0 Å². The molecule has 3 heteroatoms. The van der Waals surface area contributed by atoms with Gasteiger partial charge >= 0.3 is 0 Å². The number of halogens is 1. The van der Waals surface area contributed by atoms with Crippen LogP contribution < -0.4 is 9.47 Å². The van der Waals surface area contributed by atoms with Gasteiger partial charge in [-0.15, -0.1) is 11.6 Å². The molecule has 0 saturated heterocycles. The molecule has 0 aromatic heterocycles. The van der Waals surface area contributed by atoms with Crippen LogP contribution >= 0.6 is 11.6 Å². The van der Waals surface area contributed by atoms with Gasteiger partial charge in [-0.05, 0) is 12.1 Å². The average molecular weight is 213 g/mol. The molecule has 1 aromatic rings. The molecule has 0 amide bonds. The third-order valence-electron chi connectivity index (χ3n) is 1.64. The van der Waals surface area contributed by atoms with Gasteiger partial charge in [0.25, 0.3) is 0 Å². The predicted molar refractivity (Wildman–Crippen MR) is 58.3 cm³/mol. The molecule has 0 atom stereocenters. The SMILES string of the molecule is COc1cccc(OCC=CCCl)c1. The Morgan fingerprint density at radius 2 is 2.07 bits per heavy atom. The number of methoxy groups -OCH3 is 1. The van der Waals surface area contributed by atoms with E-state index in [2.05, 4.69) is 0 Å². The molecular formula is C11H13ClO2. The minimum absolute atomic E-state index is 0.515. The summed E-state index contributed by atoms with van der Waals surface area (Å²) in [6.45, 7) is 0.528. The quantitative estimate of drug-likeness (QED) is 0.552. The van der Waals surface area contributed by atoms with Crippen molar-refractivity contribution in [3.63, 3.8) is 0 Å². The van der Waals surface area contributed by atoms with Crippen LogP contribution in [0.2, 0.25) is 0 Å². The van der Waals surface area contributed by atoms with Crippen LogP contribution in [0.15, 0.2) is 36.4 Å². The molecule has 0 saturated carbocycles. The van der Waals surface area contributed by atoms with Gasteiger partial charge in [0.05, 0.1) is 7.11 Å². The first-order chi connectivity index (χ1) is 6.86. The van der Waals surface area contributed by atoms with Crippen molar-refractivity contribution in [2.24, 2.45) is 0 Å². The maximum atomic E-state index is 5.47. The van der Waals surface area contributed by atoms with Crippen molar-refractivity contribution in [1.29, 1.82) is 0 Å². The first-order valence-electron chi connectivity index (χ1n) is 4.34. The monoisotopic (exact) mass is 212 g/mol. The molecule has 0 heterocycles. The average Bonchev–Trinajstić information content (AvgIpc) is 2.25. The number of ether oxygens (including phenoxy) is 2. The van der Waals surface area contributed by atoms with Crippen LogP contribution in [0.4, 0.5) is 0 Å². The van der Waals surface area contributed by atoms with Crippen molar-refractivity contribution in [2.75, 3.05) is 19.6 Å². The Labute approximate surface area is 89.1 Å². The Bertz CT molecular complexity index is 297. The lowest BCUT2D eigenvalue weighted by Crippen LogP contribution is -1.93. The van der Waals surface area contributed by atoms with Gasteiger partial charge in [-0.25, -0.2) is 0 Å². The van der Waals surface area contributed by atoms with Crippen molar-refractivity contribution >= 4 is 11.6 Å². The summed E-state index contributed by atoms with van der Waals surface area (Å²) < 4.78 is 10.5. The minimum atomic E-state index is 0.515. The molecular weight excluding hydrogens is 200 g/mol. The first kappa shape index (κ1) is 10.9. The van der Waals surface area contributed by atoms with Crippen molar-refractivity contribution in [1.82, 2.24) is 0 Å². The minimum Gasteiger partial charge on any atom is -0.497 e. The highest BCUT2D eigenvalue weighted by Gasteiger charge is 1.94. The molecule has 0 bridgehead atoms. The lowest BCUT2D eigenvalue weighted by atomic mass is 10.3. The first-order valence-corrected chi connectivity index (χ1v) is 4.88. The van der Waals surface area contributed by atoms with Crippen LogP contribution in [0.5, 0.6) is 11.5 Å². The lowest BCUT2D eigenvalue weighted by Gasteiger charge is -2.04. The highest BCUT2D eigenvalue weighted by molar-refractivity contribution is 6.18. The van der Waals surface area contributed by atoms with E-state index in [0.717, 1.165) is 11.5 Å². The third-order valence-corrected chi connectivity index (χ3v) is 1.82. The Hall–Kier alpha value is -1.15. The van der Waals surface area contributed by atoms with E-state index in [1.165, 1.54) is 0 Å². The van der Waals surface area contributed by atoms with E-state index in [9.17, 15) is 0 Å². The van der Waals surface area contributed by atoms with Crippen molar-refractivity contribution in [2.45, 2.75) is 0 Å². The fourth-order valence-corrected chi connectivity index (χ4v) is 1.09. The Balaban J connectivity index is 2.46. The second kappa shape index (κ2) is 6.33. The number of hydrogen-bond acceptors (Lipinski definition) is 2. The maximum absolute atomic E-state index is 5.47. The summed E-state index contributed by atoms with van der Waals surface area (Å²) in [6, 6.07) is 7.49. The van der Waals surface area contributed by atoms with E-state index >= 15 is 0 Å². The molecule has 76 valence electrons. The summed E-state index contributed by atoms with van der Waals surface area (Å²) in [4.78, 5) is 0. The van der Waals surface area contributed by atoms with Gasteiger partial charge in [-0.3, -0.25) is 0 Å². The van der Waals surface area contributed by atoms with E-state index in [4.69, 9.17) is 21.1 Å². The molecule has 0 spiro atoms. The zero-order valence-corrected chi connectivity index (χ0v) is 8.83. The van der Waals surface area contributed by atoms with Gasteiger partial charge < -0.3 is 9.47 Å². The molecule has 1 aromatic carbocycles. The number of allylic oxidation sites excluding steroid dienone is 1. The van der Waals surface area contributed by atoms with Gasteiger partial charge in [-0.1, -0.05) is 18.2 Å². The van der Waals surface area contributed by atoms with Crippen LogP contribution in [-0.4, -0.2) is 19.6 Å². The van der Waals surface area contributed by atoms with E-state index in [0.29, 0.717) is 12.5 Å². The number of hydrogen-bond donors (Lipinski definition) is 0. The van der Waals surface area contributed by atoms with Crippen molar-refractivity contribution in [3.05, 3.63) is 36.4 Å². The fraction of sp³-hybridized carbons (Fsp3) is 0.273. The second-order valence-electron chi connectivity index (χ2n) is 2.62. The third kappa shape index (κ3) is 3.71. The second-order valence-corrected chi connectivity index (χ2v) is 2.92. The van der Waals surface area contributed by atoms with Gasteiger partial charge in [-0.2, -0.15) is 0 Å². The molecule has 0 fully saturated rings. The number of alkyl halides is 1. The Morgan fingerprint density at radius 3 is 2.79 bits per heavy atom. The van der Waals surface area contributed by atoms with E-state index in [-0.39, 0.29) is 0 Å². The van der Waals surface area contributed by atoms with Gasteiger partial charge in [0.2, 0.25) is 0 Å². The summed E-state index contributed by atoms with van der Waals surface area (Å²) in [7, 11) is 1.63. The summed E-state index contributed by atoms with van der Waals surface area (Å²) in [5, 5.41) is 0. The summed E-state index contributed by atoms with van der Waals surface area (Å²) in [6.07, 6.45) is 3.73. The smallest absolute Gasteiger partial charge is 0.123 e. The molecule has 0 aliphatic carbocycles. The molecule has 0 radical (unpaired) electrons. The van der Waals surface area contributed by atoms with Crippen molar-refractivity contribution in [3.8, 4) is 11.5 Å². The fourth-order valence-electron chi connectivity index (χ4n) is 0.966. The summed E-state index contributed by atoms with van der Waals surface area (Å²) in [5.74, 6) is 2.11. The van der Waals surface area contributed by atoms with Gasteiger partial charge in [0.15, 0.2) is 0 Å². The van der Waals surface area contributed by atoms with E-state index in [1.807, 2.05) is 36.4 Å². The van der Waals surface area contributed by atoms with Crippen LogP contribution in [0.25, 0.3) is 0 Å². The molecule has 2 nitrogen and oxygen atoms in total. The molecule has 1 rings (SSSR count). The predicted octanol–water partition coefficient (Wildman–Crippen LogP) is 2.87. The van der Waals surface area contributed by atoms with E-state index in [1.54, 1.807) is 7.11 Å². The number of rotatable bonds is 5. The maximum Gasteiger partial charge on any atom is 0.123 e. The topological polar surface area (TPSA) is 18.5 Å². The summed E-state index contributed by atoms with van der Waals surface area (Å²) in [5.41, 5.74) is 0. The molecule has 14 heavy (non-hydrogen) atoms. The van der Waals surface area contributed by atoms with Crippen LogP contribution in [-0.2, 0) is 0 Å². The highest BCUT2D eigenvalue weighted by Crippen LogP contribution is 2.18. The molecule has 0 unspecified atom stereocenters. The van der Waals surface area contributed by atoms with Crippen molar-refractivity contribution < 1.29 is 9.47 Å². The largest absolute Gasteiger partial charge is 0.497 e. The summed E-state index contributed by atoms with van der Waals surface area (Å²) >= 11 is 5.47. The molecule has 0 aliphatic heterocycles. The Kier molecular flexibility index (Phi) is 4.94. The van der Waals surface area contributed by atoms with E-state index < -0.39 is 0 Å². The number of benzene rings is 1. The van der Waals surface area contributed by atoms with Crippen LogP contribution in [0.1, 0.15) is 0 Å². The normalized spacial score (nSPS) is 10.4. The molecule has 0 aliphatic rings. The molecule has 0 N–H and O–H groups in total. The zero-order chi connectivity index (χ0) is 10.2. The standard InChI is InChI=1S/C11H13ClO2/c1-13-10-5-4-6-11(9-10)14-8-3-2-7-12/h2-6,9H,7-8H2,1H3.